The Labute approximate surface area is 221 Å². The van der Waals surface area contributed by atoms with Crippen LogP contribution in [0.5, 0.6) is 0 Å². The van der Waals surface area contributed by atoms with E-state index in [2.05, 4.69) is 95.1 Å². The Bertz CT molecular complexity index is 1740. The molecule has 2 aromatic rings. The highest BCUT2D eigenvalue weighted by Gasteiger charge is 2.20. The number of hydrogen-bond acceptors (Lipinski definition) is 4. The molecule has 6 nitrogen and oxygen atoms in total. The molecule has 4 N–H and O–H groups in total. The van der Waals surface area contributed by atoms with Crippen LogP contribution in [0.25, 0.3) is 24.3 Å². The number of nitrogens with one attached hydrogen (secondary N) is 4. The SMILES string of the molecule is CC1=CC2C=CC(=N2)C=c2cc/c([nH]2)=C\C2=CC(C)C(/C=c3/ccc([nH]3)=CC3=NC(=CC(=N)C=C1)CC3)N2. The standard InChI is InChI=1S/C32H32N6/c1-20-3-4-22(33)15-24-6-8-26(35-24)17-28-11-12-30(37-28)19-32-21(2)14-31(38-32)18-29-10-9-27(36-29)16-25-7-5-23(13-20)34-25/h3-5,7,9-19,21,23,32-33,36-38H,6,8H2,1-2H3/b4-3?,20-13?,24-15?,27-16?,28-17?,29-18+,30-19-,33-22?. The average Bonchev–Trinajstić information content (AvgIpc) is 3.70. The molecule has 190 valence electrons. The van der Waals surface area contributed by atoms with Crippen molar-refractivity contribution in [2.45, 2.75) is 38.8 Å². The maximum Gasteiger partial charge on any atom is 0.0877 e. The molecule has 0 aromatic carbocycles. The molecule has 0 saturated heterocycles. The highest BCUT2D eigenvalue weighted by atomic mass is 15.0. The largest absolute Gasteiger partial charge is 0.378 e. The summed E-state index contributed by atoms with van der Waals surface area (Å²) in [6.07, 6.45) is 24.5. The summed E-state index contributed by atoms with van der Waals surface area (Å²) in [6.45, 7) is 4.28. The smallest absolute Gasteiger partial charge is 0.0877 e. The molecule has 3 unspecified atom stereocenters. The van der Waals surface area contributed by atoms with Gasteiger partial charge in [0.2, 0.25) is 0 Å². The summed E-state index contributed by atoms with van der Waals surface area (Å²) in [7, 11) is 0. The van der Waals surface area contributed by atoms with E-state index in [0.29, 0.717) is 11.6 Å². The maximum atomic E-state index is 8.36. The first-order valence-electron chi connectivity index (χ1n) is 13.2. The van der Waals surface area contributed by atoms with Gasteiger partial charge in [0.15, 0.2) is 0 Å². The second-order valence-corrected chi connectivity index (χ2v) is 10.3. The monoisotopic (exact) mass is 500 g/mol. The molecule has 2 aromatic heterocycles. The number of H-pyrrole nitrogens is 2. The molecular weight excluding hydrogens is 468 g/mol. The van der Waals surface area contributed by atoms with E-state index in [1.54, 1.807) is 0 Å². The molecule has 0 spiro atoms. The van der Waals surface area contributed by atoms with Crippen LogP contribution in [-0.2, 0) is 0 Å². The van der Waals surface area contributed by atoms with E-state index in [1.165, 1.54) is 0 Å². The van der Waals surface area contributed by atoms with Crippen LogP contribution < -0.4 is 26.7 Å². The number of fused-ring (bicyclic) bond motifs is 8. The van der Waals surface area contributed by atoms with Crippen LogP contribution >= 0.6 is 0 Å². The highest BCUT2D eigenvalue weighted by Crippen LogP contribution is 2.19. The Hall–Kier alpha value is -4.45. The van der Waals surface area contributed by atoms with E-state index in [4.69, 9.17) is 15.4 Å². The number of aromatic nitrogens is 2. The van der Waals surface area contributed by atoms with E-state index in [1.807, 2.05) is 25.2 Å². The van der Waals surface area contributed by atoms with Crippen LogP contribution in [-0.4, -0.2) is 39.2 Å². The third-order valence-corrected chi connectivity index (χ3v) is 7.07. The van der Waals surface area contributed by atoms with Crippen LogP contribution in [0.3, 0.4) is 0 Å². The molecule has 0 fully saturated rings. The van der Waals surface area contributed by atoms with Crippen LogP contribution in [0.15, 0.2) is 93.7 Å². The second-order valence-electron chi connectivity index (χ2n) is 10.3. The summed E-state index contributed by atoms with van der Waals surface area (Å²) in [5.41, 5.74) is 5.57. The van der Waals surface area contributed by atoms with E-state index in [-0.39, 0.29) is 12.1 Å². The zero-order chi connectivity index (χ0) is 26.1. The third kappa shape index (κ3) is 5.59. The first-order valence-corrected chi connectivity index (χ1v) is 13.2. The van der Waals surface area contributed by atoms with Gasteiger partial charge in [0.1, 0.15) is 0 Å². The van der Waals surface area contributed by atoms with Crippen molar-refractivity contribution in [3.8, 4) is 0 Å². The molecular formula is C32H32N6. The first-order chi connectivity index (χ1) is 18.4. The normalized spacial score (nSPS) is 26.5. The van der Waals surface area contributed by atoms with E-state index in [0.717, 1.165) is 62.6 Å². The first kappa shape index (κ1) is 23.9. The van der Waals surface area contributed by atoms with Gasteiger partial charge >= 0.3 is 0 Å². The number of aromatic amines is 2. The fourth-order valence-corrected chi connectivity index (χ4v) is 5.12. The van der Waals surface area contributed by atoms with Gasteiger partial charge in [-0.25, -0.2) is 0 Å². The molecule has 3 atom stereocenters. The minimum absolute atomic E-state index is 0.00214. The van der Waals surface area contributed by atoms with Crippen molar-refractivity contribution in [2.75, 3.05) is 0 Å². The van der Waals surface area contributed by atoms with Crippen molar-refractivity contribution in [3.05, 3.63) is 105 Å². The molecule has 6 heterocycles. The second kappa shape index (κ2) is 10.1. The predicted molar refractivity (Wildman–Crippen MR) is 158 cm³/mol. The van der Waals surface area contributed by atoms with Crippen molar-refractivity contribution >= 4 is 41.4 Å². The summed E-state index contributed by atoms with van der Waals surface area (Å²) in [5, 5.41) is 16.2. The molecule has 0 aliphatic carbocycles. The topological polar surface area (TPSA) is 92.2 Å². The summed E-state index contributed by atoms with van der Waals surface area (Å²) in [4.78, 5) is 16.6. The molecule has 0 saturated carbocycles. The molecule has 6 rings (SSSR count). The van der Waals surface area contributed by atoms with E-state index >= 15 is 0 Å². The Kier molecular flexibility index (Phi) is 6.38. The molecule has 4 aliphatic rings. The molecule has 38 heavy (non-hydrogen) atoms. The van der Waals surface area contributed by atoms with Crippen LogP contribution in [0.2, 0.25) is 0 Å². The van der Waals surface area contributed by atoms with E-state index in [9.17, 15) is 0 Å². The molecule has 0 radical (unpaired) electrons. The van der Waals surface area contributed by atoms with E-state index < -0.39 is 0 Å². The van der Waals surface area contributed by atoms with Gasteiger partial charge in [-0.1, -0.05) is 36.8 Å². The van der Waals surface area contributed by atoms with Crippen molar-refractivity contribution < 1.29 is 0 Å². The fourth-order valence-electron chi connectivity index (χ4n) is 5.12. The Morgan fingerprint density at radius 1 is 0.816 bits per heavy atom. The number of rotatable bonds is 0. The lowest BCUT2D eigenvalue weighted by Gasteiger charge is -2.11. The molecule has 10 bridgehead atoms. The van der Waals surface area contributed by atoms with Gasteiger partial charge in [0.25, 0.3) is 0 Å². The lowest BCUT2D eigenvalue weighted by molar-refractivity contribution is 0.627. The summed E-state index contributed by atoms with van der Waals surface area (Å²) >= 11 is 0. The van der Waals surface area contributed by atoms with Gasteiger partial charge in [-0.05, 0) is 86.6 Å². The molecule has 0 amide bonds. The average molecular weight is 501 g/mol. The zero-order valence-electron chi connectivity index (χ0n) is 21.7. The summed E-state index contributed by atoms with van der Waals surface area (Å²) in [6, 6.07) is 8.62. The van der Waals surface area contributed by atoms with Gasteiger partial charge in [-0.15, -0.1) is 0 Å². The van der Waals surface area contributed by atoms with Crippen molar-refractivity contribution in [1.29, 1.82) is 5.41 Å². The zero-order valence-corrected chi connectivity index (χ0v) is 21.7. The van der Waals surface area contributed by atoms with Gasteiger partial charge in [0.05, 0.1) is 23.5 Å². The Balaban J connectivity index is 1.37. The van der Waals surface area contributed by atoms with Crippen LogP contribution in [0.4, 0.5) is 0 Å². The number of aliphatic imine (C=N–C) groups is 2. The minimum Gasteiger partial charge on any atom is -0.378 e. The van der Waals surface area contributed by atoms with Crippen LogP contribution in [0, 0.1) is 11.3 Å². The molecule has 6 heteroatoms. The minimum atomic E-state index is 0.00214. The van der Waals surface area contributed by atoms with Gasteiger partial charge in [-0.2, -0.15) is 0 Å². The number of nitrogens with zero attached hydrogens (tertiary/aromatic N) is 2. The Morgan fingerprint density at radius 2 is 1.58 bits per heavy atom. The Morgan fingerprint density at radius 3 is 2.45 bits per heavy atom. The summed E-state index contributed by atoms with van der Waals surface area (Å²) < 4.78 is 0. The fraction of sp³-hybridized carbons (Fsp3) is 0.219. The van der Waals surface area contributed by atoms with Gasteiger partial charge in [-0.3, -0.25) is 9.98 Å². The maximum absolute atomic E-state index is 8.36. The lowest BCUT2D eigenvalue weighted by Crippen LogP contribution is -2.27. The quantitative estimate of drug-likeness (QED) is 0.440. The van der Waals surface area contributed by atoms with Crippen molar-refractivity contribution in [3.63, 3.8) is 0 Å². The van der Waals surface area contributed by atoms with Gasteiger partial charge in [0, 0.05) is 44.4 Å². The molecule has 4 aliphatic heterocycles. The van der Waals surface area contributed by atoms with Crippen LogP contribution in [0.1, 0.15) is 26.7 Å². The van der Waals surface area contributed by atoms with Gasteiger partial charge < -0.3 is 20.7 Å². The van der Waals surface area contributed by atoms with Crippen molar-refractivity contribution in [1.82, 2.24) is 15.3 Å². The highest BCUT2D eigenvalue weighted by molar-refractivity contribution is 6.18. The third-order valence-electron chi connectivity index (χ3n) is 7.07. The lowest BCUT2D eigenvalue weighted by atomic mass is 10.0. The number of hydrogen-bond donors (Lipinski definition) is 4. The van der Waals surface area contributed by atoms with Crippen molar-refractivity contribution in [2.24, 2.45) is 15.9 Å². The predicted octanol–water partition coefficient (Wildman–Crippen LogP) is 2.69. The summed E-state index contributed by atoms with van der Waals surface area (Å²) in [5.74, 6) is 0.374. The number of allylic oxidation sites excluding steroid dienone is 7.